The maximum Gasteiger partial charge on any atom is 0.350 e. The van der Waals surface area contributed by atoms with Crippen LogP contribution in [0.25, 0.3) is 0 Å². The van der Waals surface area contributed by atoms with Crippen molar-refractivity contribution in [3.8, 4) is 0 Å². The molecule has 176 valence electrons. The highest BCUT2D eigenvalue weighted by atomic mass is 32.2. The van der Waals surface area contributed by atoms with Crippen molar-refractivity contribution in [1.82, 2.24) is 19.7 Å². The predicted octanol–water partition coefficient (Wildman–Crippen LogP) is 2.86. The highest BCUT2D eigenvalue weighted by Crippen LogP contribution is 2.25. The summed E-state index contributed by atoms with van der Waals surface area (Å²) in [5.74, 6) is -0.833. The molecule has 0 atom stereocenters. The number of aromatic nitrogens is 4. The Kier molecular flexibility index (Phi) is 7.87. The standard InChI is InChI=1S/C20H23N5O5S3/c1-5-25-15(11-33(28,29)14-8-6-12(2)7-9-14)23-24-20(25)31-10-16(26)22-19-21-13(3)17(32-19)18(27)30-4/h6-9H,5,10-11H2,1-4H3,(H,21,22,26). The largest absolute Gasteiger partial charge is 0.465 e. The van der Waals surface area contributed by atoms with E-state index in [9.17, 15) is 18.0 Å². The van der Waals surface area contributed by atoms with Crippen LogP contribution in [-0.4, -0.2) is 52.9 Å². The van der Waals surface area contributed by atoms with E-state index in [0.29, 0.717) is 33.2 Å². The number of benzene rings is 1. The molecule has 10 nitrogen and oxygen atoms in total. The molecular weight excluding hydrogens is 486 g/mol. The quantitative estimate of drug-likeness (QED) is 0.341. The van der Waals surface area contributed by atoms with Gasteiger partial charge >= 0.3 is 5.97 Å². The van der Waals surface area contributed by atoms with Gasteiger partial charge in [-0.3, -0.25) is 4.79 Å². The lowest BCUT2D eigenvalue weighted by Crippen LogP contribution is -2.15. The summed E-state index contributed by atoms with van der Waals surface area (Å²) in [6.07, 6.45) is 0. The number of thiazole rings is 1. The summed E-state index contributed by atoms with van der Waals surface area (Å²) >= 11 is 2.17. The van der Waals surface area contributed by atoms with Gasteiger partial charge in [0.25, 0.3) is 0 Å². The molecule has 0 bridgehead atoms. The number of anilines is 1. The number of hydrogen-bond donors (Lipinski definition) is 1. The zero-order valence-electron chi connectivity index (χ0n) is 18.5. The fourth-order valence-corrected chi connectivity index (χ4v) is 5.86. The Labute approximate surface area is 199 Å². The third kappa shape index (κ3) is 5.97. The zero-order valence-corrected chi connectivity index (χ0v) is 20.9. The summed E-state index contributed by atoms with van der Waals surface area (Å²) in [5, 5.41) is 11.5. The number of rotatable bonds is 9. The molecule has 0 unspecified atom stereocenters. The lowest BCUT2D eigenvalue weighted by atomic mass is 10.2. The van der Waals surface area contributed by atoms with Crippen molar-refractivity contribution in [2.24, 2.45) is 0 Å². The molecule has 3 aromatic rings. The van der Waals surface area contributed by atoms with E-state index in [-0.39, 0.29) is 22.3 Å². The number of hydrogen-bond acceptors (Lipinski definition) is 10. The van der Waals surface area contributed by atoms with Crippen molar-refractivity contribution in [3.05, 3.63) is 46.2 Å². The molecule has 3 rings (SSSR count). The van der Waals surface area contributed by atoms with Crippen LogP contribution in [0.5, 0.6) is 0 Å². The number of esters is 1. The van der Waals surface area contributed by atoms with Crippen LogP contribution in [0.2, 0.25) is 0 Å². The molecule has 0 saturated heterocycles. The first-order valence-corrected chi connectivity index (χ1v) is 13.3. The van der Waals surface area contributed by atoms with Crippen LogP contribution in [0.4, 0.5) is 5.13 Å². The lowest BCUT2D eigenvalue weighted by molar-refractivity contribution is -0.113. The number of nitrogens with one attached hydrogen (secondary N) is 1. The highest BCUT2D eigenvalue weighted by Gasteiger charge is 2.22. The van der Waals surface area contributed by atoms with Gasteiger partial charge in [-0.25, -0.2) is 18.2 Å². The molecule has 1 amide bonds. The molecule has 0 aliphatic heterocycles. The Morgan fingerprint density at radius 2 is 1.88 bits per heavy atom. The molecule has 2 aromatic heterocycles. The van der Waals surface area contributed by atoms with Crippen LogP contribution in [-0.2, 0) is 31.7 Å². The molecule has 0 aliphatic carbocycles. The summed E-state index contributed by atoms with van der Waals surface area (Å²) in [6.45, 7) is 5.84. The Hall–Kier alpha value is -2.77. The van der Waals surface area contributed by atoms with Crippen LogP contribution < -0.4 is 5.32 Å². The number of carbonyl (C=O) groups excluding carboxylic acids is 2. The van der Waals surface area contributed by atoms with Gasteiger partial charge in [-0.05, 0) is 32.9 Å². The highest BCUT2D eigenvalue weighted by molar-refractivity contribution is 7.99. The Bertz CT molecular complexity index is 1270. The minimum atomic E-state index is -3.59. The SMILES string of the molecule is CCn1c(CS(=O)(=O)c2ccc(C)cc2)nnc1SCC(=O)Nc1nc(C)c(C(=O)OC)s1. The minimum Gasteiger partial charge on any atom is -0.465 e. The number of sulfone groups is 1. The van der Waals surface area contributed by atoms with E-state index in [1.165, 1.54) is 7.11 Å². The second-order valence-corrected chi connectivity index (χ2v) is 10.9. The van der Waals surface area contributed by atoms with Crippen LogP contribution in [0.15, 0.2) is 34.3 Å². The van der Waals surface area contributed by atoms with E-state index in [0.717, 1.165) is 28.7 Å². The molecule has 1 aromatic carbocycles. The summed E-state index contributed by atoms with van der Waals surface area (Å²) in [4.78, 5) is 28.8. The first-order valence-electron chi connectivity index (χ1n) is 9.84. The summed E-state index contributed by atoms with van der Waals surface area (Å²) in [5.41, 5.74) is 1.44. The second-order valence-electron chi connectivity index (χ2n) is 6.98. The Morgan fingerprint density at radius 3 is 2.52 bits per heavy atom. The first-order chi connectivity index (χ1) is 15.6. The van der Waals surface area contributed by atoms with E-state index >= 15 is 0 Å². The first kappa shape index (κ1) is 24.9. The third-order valence-corrected chi connectivity index (χ3v) is 8.20. The van der Waals surface area contributed by atoms with Crippen molar-refractivity contribution in [3.63, 3.8) is 0 Å². The fraction of sp³-hybridized carbons (Fsp3) is 0.350. The molecule has 0 saturated carbocycles. The summed E-state index contributed by atoms with van der Waals surface area (Å²) < 4.78 is 31.9. The molecule has 33 heavy (non-hydrogen) atoms. The van der Waals surface area contributed by atoms with E-state index < -0.39 is 15.8 Å². The summed E-state index contributed by atoms with van der Waals surface area (Å²) in [7, 11) is -2.31. The Balaban J connectivity index is 1.66. The van der Waals surface area contributed by atoms with Crippen LogP contribution >= 0.6 is 23.1 Å². The van der Waals surface area contributed by atoms with Gasteiger partial charge in [0, 0.05) is 6.54 Å². The van der Waals surface area contributed by atoms with Gasteiger partial charge in [-0.15, -0.1) is 10.2 Å². The molecule has 13 heteroatoms. The van der Waals surface area contributed by atoms with Gasteiger partial charge in [0.1, 0.15) is 16.5 Å². The average Bonchev–Trinajstić information content (AvgIpc) is 3.33. The number of ether oxygens (including phenoxy) is 1. The van der Waals surface area contributed by atoms with E-state index in [4.69, 9.17) is 4.74 Å². The maximum atomic E-state index is 12.8. The van der Waals surface area contributed by atoms with Crippen molar-refractivity contribution in [2.45, 2.75) is 43.1 Å². The molecule has 2 heterocycles. The third-order valence-electron chi connectivity index (χ3n) is 4.55. The van der Waals surface area contributed by atoms with E-state index in [2.05, 4.69) is 20.5 Å². The number of methoxy groups -OCH3 is 1. The summed E-state index contributed by atoms with van der Waals surface area (Å²) in [6, 6.07) is 6.64. The predicted molar refractivity (Wildman–Crippen MR) is 125 cm³/mol. The molecule has 0 fully saturated rings. The molecule has 1 N–H and O–H groups in total. The van der Waals surface area contributed by atoms with Gasteiger partial charge in [0.2, 0.25) is 5.91 Å². The molecule has 0 radical (unpaired) electrons. The fourth-order valence-electron chi connectivity index (χ4n) is 2.87. The lowest BCUT2D eigenvalue weighted by Gasteiger charge is -2.08. The Morgan fingerprint density at radius 1 is 1.18 bits per heavy atom. The van der Waals surface area contributed by atoms with Crippen LogP contribution in [0.3, 0.4) is 0 Å². The number of thioether (sulfide) groups is 1. The van der Waals surface area contributed by atoms with Gasteiger partial charge in [0.05, 0.1) is 23.5 Å². The van der Waals surface area contributed by atoms with Gasteiger partial charge in [-0.1, -0.05) is 40.8 Å². The van der Waals surface area contributed by atoms with Gasteiger partial charge < -0.3 is 14.6 Å². The number of amides is 1. The number of nitrogens with zero attached hydrogens (tertiary/aromatic N) is 4. The van der Waals surface area contributed by atoms with Crippen molar-refractivity contribution in [2.75, 3.05) is 18.2 Å². The van der Waals surface area contributed by atoms with E-state index in [1.807, 2.05) is 13.8 Å². The van der Waals surface area contributed by atoms with Crippen LogP contribution in [0.1, 0.15) is 33.7 Å². The number of aryl methyl sites for hydroxylation is 2. The van der Waals surface area contributed by atoms with Crippen molar-refractivity contribution >= 4 is 49.9 Å². The smallest absolute Gasteiger partial charge is 0.350 e. The molecule has 0 spiro atoms. The molecule has 0 aliphatic rings. The minimum absolute atomic E-state index is 0.00896. The van der Waals surface area contributed by atoms with Crippen molar-refractivity contribution in [1.29, 1.82) is 0 Å². The topological polar surface area (TPSA) is 133 Å². The zero-order chi connectivity index (χ0) is 24.2. The monoisotopic (exact) mass is 509 g/mol. The van der Waals surface area contributed by atoms with E-state index in [1.54, 1.807) is 35.8 Å². The van der Waals surface area contributed by atoms with Gasteiger partial charge in [-0.2, -0.15) is 0 Å². The van der Waals surface area contributed by atoms with Gasteiger partial charge in [0.15, 0.2) is 20.1 Å². The normalized spacial score (nSPS) is 11.4. The average molecular weight is 510 g/mol. The van der Waals surface area contributed by atoms with Crippen LogP contribution in [0, 0.1) is 13.8 Å². The van der Waals surface area contributed by atoms with Crippen molar-refractivity contribution < 1.29 is 22.7 Å². The number of carbonyl (C=O) groups is 2. The second kappa shape index (κ2) is 10.4. The maximum absolute atomic E-state index is 12.8. The molecular formula is C20H23N5O5S3.